The summed E-state index contributed by atoms with van der Waals surface area (Å²) in [5, 5.41) is 0. The van der Waals surface area contributed by atoms with Crippen LogP contribution in [0.25, 0.3) is 0 Å². The van der Waals surface area contributed by atoms with Gasteiger partial charge in [-0.15, -0.1) is 0 Å². The quantitative estimate of drug-likeness (QED) is 0.895. The predicted molar refractivity (Wildman–Crippen MR) is 76.7 cm³/mol. The van der Waals surface area contributed by atoms with Crippen LogP contribution in [0.2, 0.25) is 0 Å². The van der Waals surface area contributed by atoms with E-state index >= 15 is 0 Å². The van der Waals surface area contributed by atoms with Crippen LogP contribution in [0, 0.1) is 0 Å². The second-order valence-electron chi connectivity index (χ2n) is 4.58. The molecule has 18 heavy (non-hydrogen) atoms. The van der Waals surface area contributed by atoms with Crippen molar-refractivity contribution in [1.82, 2.24) is 0 Å². The minimum atomic E-state index is -0.404. The highest BCUT2D eigenvalue weighted by Crippen LogP contribution is 2.31. The molecule has 1 aliphatic rings. The number of carbonyl (C=O) groups excluding carboxylic acids is 1. The Hall–Kier alpha value is -1.07. The highest BCUT2D eigenvalue weighted by Gasteiger charge is 2.25. The molecule has 1 aromatic carbocycles. The Morgan fingerprint density at radius 1 is 1.44 bits per heavy atom. The monoisotopic (exact) mass is 311 g/mol. The number of hydrogen-bond donors (Lipinski definition) is 2. The first kappa shape index (κ1) is 13.4. The summed E-state index contributed by atoms with van der Waals surface area (Å²) >= 11 is 3.40. The molecule has 1 aliphatic heterocycles. The van der Waals surface area contributed by atoms with Gasteiger partial charge in [0.25, 0.3) is 5.91 Å². The smallest absolute Gasteiger partial charge is 0.251 e. The number of benzene rings is 1. The van der Waals surface area contributed by atoms with Crippen LogP contribution in [-0.2, 0) is 0 Å². The van der Waals surface area contributed by atoms with Gasteiger partial charge in [0.05, 0.1) is 11.3 Å². The molecule has 0 saturated carbocycles. The minimum absolute atomic E-state index is 0.297. The number of nitrogens with zero attached hydrogens (tertiary/aromatic N) is 1. The van der Waals surface area contributed by atoms with Crippen LogP contribution in [-0.4, -0.2) is 25.0 Å². The molecule has 4 nitrogen and oxygen atoms in total. The van der Waals surface area contributed by atoms with Crippen LogP contribution < -0.4 is 16.4 Å². The van der Waals surface area contributed by atoms with Crippen LogP contribution >= 0.6 is 15.9 Å². The molecule has 5 heteroatoms. The van der Waals surface area contributed by atoms with Crippen molar-refractivity contribution in [1.29, 1.82) is 0 Å². The lowest BCUT2D eigenvalue weighted by molar-refractivity contribution is 0.1000. The Morgan fingerprint density at radius 2 is 2.22 bits per heavy atom. The van der Waals surface area contributed by atoms with Crippen molar-refractivity contribution in [3.05, 3.63) is 28.2 Å². The molecule has 0 bridgehead atoms. The zero-order chi connectivity index (χ0) is 13.1. The predicted octanol–water partition coefficient (Wildman–Crippen LogP) is 1.87. The number of rotatable bonds is 3. The number of carbonyl (C=O) groups is 1. The molecule has 0 spiro atoms. The Labute approximate surface area is 115 Å². The number of amides is 1. The molecule has 0 aliphatic carbocycles. The van der Waals surface area contributed by atoms with E-state index in [-0.39, 0.29) is 0 Å². The fourth-order valence-corrected chi connectivity index (χ4v) is 3.11. The first-order valence-corrected chi connectivity index (χ1v) is 6.99. The average Bonchev–Trinajstić information content (AvgIpc) is 2.38. The maximum absolute atomic E-state index is 11.6. The highest BCUT2D eigenvalue weighted by molar-refractivity contribution is 9.10. The van der Waals surface area contributed by atoms with Gasteiger partial charge in [-0.25, -0.2) is 0 Å². The number of anilines is 1. The zero-order valence-corrected chi connectivity index (χ0v) is 11.8. The van der Waals surface area contributed by atoms with Crippen molar-refractivity contribution < 1.29 is 4.79 Å². The van der Waals surface area contributed by atoms with E-state index in [1.807, 2.05) is 18.2 Å². The SMILES string of the molecule is NCC1CCCCN1c1cccc(Br)c1C(N)=O. The molecule has 1 fully saturated rings. The third-order valence-electron chi connectivity index (χ3n) is 3.45. The lowest BCUT2D eigenvalue weighted by atomic mass is 9.99. The van der Waals surface area contributed by atoms with E-state index in [4.69, 9.17) is 11.5 Å². The number of hydrogen-bond acceptors (Lipinski definition) is 3. The number of primary amides is 1. The summed E-state index contributed by atoms with van der Waals surface area (Å²) in [6.07, 6.45) is 3.39. The third-order valence-corrected chi connectivity index (χ3v) is 4.11. The first-order valence-electron chi connectivity index (χ1n) is 6.20. The molecule has 98 valence electrons. The molecule has 1 aromatic rings. The minimum Gasteiger partial charge on any atom is -0.367 e. The lowest BCUT2D eigenvalue weighted by Crippen LogP contribution is -2.45. The van der Waals surface area contributed by atoms with Crippen LogP contribution in [0.15, 0.2) is 22.7 Å². The van der Waals surface area contributed by atoms with E-state index in [9.17, 15) is 4.79 Å². The Morgan fingerprint density at radius 3 is 2.89 bits per heavy atom. The fourth-order valence-electron chi connectivity index (χ4n) is 2.56. The maximum atomic E-state index is 11.6. The molecule has 4 N–H and O–H groups in total. The number of piperidine rings is 1. The van der Waals surface area contributed by atoms with Crippen LogP contribution in [0.5, 0.6) is 0 Å². The Kier molecular flexibility index (Phi) is 4.24. The van der Waals surface area contributed by atoms with Gasteiger partial charge in [-0.2, -0.15) is 0 Å². The molecule has 1 amide bonds. The fraction of sp³-hybridized carbons (Fsp3) is 0.462. The lowest BCUT2D eigenvalue weighted by Gasteiger charge is -2.38. The topological polar surface area (TPSA) is 72.3 Å². The maximum Gasteiger partial charge on any atom is 0.251 e. The second kappa shape index (κ2) is 5.71. The van der Waals surface area contributed by atoms with Crippen molar-refractivity contribution in [3.8, 4) is 0 Å². The standard InChI is InChI=1S/C13H18BrN3O/c14-10-5-3-6-11(12(10)13(16)18)17-7-2-1-4-9(17)8-15/h3,5-6,9H,1-2,4,7-8,15H2,(H2,16,18). The van der Waals surface area contributed by atoms with E-state index in [1.54, 1.807) is 0 Å². The molecule has 0 aromatic heterocycles. The number of nitrogens with two attached hydrogens (primary N) is 2. The highest BCUT2D eigenvalue weighted by atomic mass is 79.9. The summed E-state index contributed by atoms with van der Waals surface area (Å²) < 4.78 is 0.744. The molecule has 1 unspecified atom stereocenters. The summed E-state index contributed by atoms with van der Waals surface area (Å²) in [5.41, 5.74) is 12.8. The third kappa shape index (κ3) is 2.52. The van der Waals surface area contributed by atoms with Crippen LogP contribution in [0.3, 0.4) is 0 Å². The van der Waals surface area contributed by atoms with Gasteiger partial charge in [-0.05, 0) is 47.3 Å². The van der Waals surface area contributed by atoms with Gasteiger partial charge in [0.1, 0.15) is 0 Å². The van der Waals surface area contributed by atoms with E-state index in [1.165, 1.54) is 6.42 Å². The average molecular weight is 312 g/mol. The molecular weight excluding hydrogens is 294 g/mol. The summed E-state index contributed by atoms with van der Waals surface area (Å²) in [4.78, 5) is 13.8. The largest absolute Gasteiger partial charge is 0.367 e. The zero-order valence-electron chi connectivity index (χ0n) is 10.2. The van der Waals surface area contributed by atoms with Gasteiger partial charge < -0.3 is 16.4 Å². The summed E-state index contributed by atoms with van der Waals surface area (Å²) in [6, 6.07) is 6.00. The molecule has 0 radical (unpaired) electrons. The van der Waals surface area contributed by atoms with Crippen LogP contribution in [0.4, 0.5) is 5.69 Å². The van der Waals surface area contributed by atoms with Crippen molar-refractivity contribution in [2.24, 2.45) is 11.5 Å². The normalized spacial score (nSPS) is 19.9. The molecule has 2 rings (SSSR count). The molecule has 1 heterocycles. The summed E-state index contributed by atoms with van der Waals surface area (Å²) in [7, 11) is 0. The van der Waals surface area contributed by atoms with Gasteiger partial charge in [0.2, 0.25) is 0 Å². The van der Waals surface area contributed by atoms with Gasteiger partial charge in [0.15, 0.2) is 0 Å². The number of halogens is 1. The summed E-state index contributed by atoms with van der Waals surface area (Å²) in [6.45, 7) is 1.53. The Balaban J connectivity index is 2.42. The summed E-state index contributed by atoms with van der Waals surface area (Å²) in [5.74, 6) is -0.404. The molecule has 1 saturated heterocycles. The molecular formula is C13H18BrN3O. The first-order chi connectivity index (χ1) is 8.65. The van der Waals surface area contributed by atoms with Gasteiger partial charge in [-0.3, -0.25) is 4.79 Å². The van der Waals surface area contributed by atoms with Gasteiger partial charge in [0, 0.05) is 23.6 Å². The van der Waals surface area contributed by atoms with Gasteiger partial charge in [-0.1, -0.05) is 6.07 Å². The van der Waals surface area contributed by atoms with Crippen molar-refractivity contribution in [2.75, 3.05) is 18.0 Å². The van der Waals surface area contributed by atoms with Crippen molar-refractivity contribution >= 4 is 27.5 Å². The van der Waals surface area contributed by atoms with Crippen LogP contribution in [0.1, 0.15) is 29.6 Å². The van der Waals surface area contributed by atoms with Crippen molar-refractivity contribution in [2.45, 2.75) is 25.3 Å². The second-order valence-corrected chi connectivity index (χ2v) is 5.43. The van der Waals surface area contributed by atoms with Crippen molar-refractivity contribution in [3.63, 3.8) is 0 Å². The van der Waals surface area contributed by atoms with E-state index in [0.717, 1.165) is 29.5 Å². The molecule has 1 atom stereocenters. The van der Waals surface area contributed by atoms with E-state index < -0.39 is 5.91 Å². The van der Waals surface area contributed by atoms with E-state index in [0.29, 0.717) is 18.2 Å². The van der Waals surface area contributed by atoms with Gasteiger partial charge >= 0.3 is 0 Å². The van der Waals surface area contributed by atoms with E-state index in [2.05, 4.69) is 20.8 Å². The Bertz CT molecular complexity index is 450.